The van der Waals surface area contributed by atoms with Crippen LogP contribution in [-0.2, 0) is 6.54 Å². The molecule has 1 aromatic heterocycles. The first-order chi connectivity index (χ1) is 14.1. The molecule has 0 atom stereocenters. The van der Waals surface area contributed by atoms with Crippen molar-refractivity contribution in [2.75, 3.05) is 36.0 Å². The molecule has 0 aliphatic carbocycles. The Bertz CT molecular complexity index is 986. The van der Waals surface area contributed by atoms with Gasteiger partial charge in [-0.3, -0.25) is 4.79 Å². The molecule has 4 rings (SSSR count). The van der Waals surface area contributed by atoms with E-state index >= 15 is 0 Å². The second-order valence-electron chi connectivity index (χ2n) is 6.78. The molecule has 2 heterocycles. The Morgan fingerprint density at radius 1 is 1.10 bits per heavy atom. The molecule has 150 valence electrons. The Morgan fingerprint density at radius 3 is 2.55 bits per heavy atom. The van der Waals surface area contributed by atoms with Crippen molar-refractivity contribution >= 4 is 39.7 Å². The molecule has 2 aromatic carbocycles. The summed E-state index contributed by atoms with van der Waals surface area (Å²) in [6, 6.07) is 13.9. The number of amides is 1. The molecule has 0 radical (unpaired) electrons. The van der Waals surface area contributed by atoms with E-state index < -0.39 is 0 Å². The third-order valence-corrected chi connectivity index (χ3v) is 5.95. The van der Waals surface area contributed by atoms with Crippen molar-refractivity contribution in [1.29, 1.82) is 0 Å². The number of nitrogens with one attached hydrogen (secondary N) is 1. The molecule has 0 unspecified atom stereocenters. The van der Waals surface area contributed by atoms with Crippen molar-refractivity contribution in [2.45, 2.75) is 6.54 Å². The first-order valence-corrected chi connectivity index (χ1v) is 10.6. The summed E-state index contributed by atoms with van der Waals surface area (Å²) in [7, 11) is 0. The smallest absolute Gasteiger partial charge is 0.271 e. The van der Waals surface area contributed by atoms with Crippen LogP contribution in [0.5, 0.6) is 0 Å². The van der Waals surface area contributed by atoms with Crippen molar-refractivity contribution in [1.82, 2.24) is 10.3 Å². The minimum atomic E-state index is -0.292. The summed E-state index contributed by atoms with van der Waals surface area (Å²) in [5.41, 5.74) is 2.37. The average Bonchev–Trinajstić information content (AvgIpc) is 3.24. The normalized spacial score (nSPS) is 14.1. The lowest BCUT2D eigenvalue weighted by molar-refractivity contribution is 0.0946. The number of halogens is 2. The van der Waals surface area contributed by atoms with Crippen molar-refractivity contribution in [3.05, 3.63) is 76.0 Å². The summed E-state index contributed by atoms with van der Waals surface area (Å²) < 4.78 is 13.0. The summed E-state index contributed by atoms with van der Waals surface area (Å²) >= 11 is 7.57. The number of anilines is 2. The number of hydrogen-bond acceptors (Lipinski definition) is 5. The van der Waals surface area contributed by atoms with Crippen LogP contribution in [-0.4, -0.2) is 37.1 Å². The summed E-state index contributed by atoms with van der Waals surface area (Å²) in [5, 5.41) is 6.19. The van der Waals surface area contributed by atoms with Crippen LogP contribution in [0.3, 0.4) is 0 Å². The van der Waals surface area contributed by atoms with E-state index in [1.807, 2.05) is 18.2 Å². The van der Waals surface area contributed by atoms with E-state index in [9.17, 15) is 9.18 Å². The molecule has 29 heavy (non-hydrogen) atoms. The monoisotopic (exact) mass is 430 g/mol. The number of benzene rings is 2. The highest BCUT2D eigenvalue weighted by atomic mass is 35.5. The molecule has 0 bridgehead atoms. The lowest BCUT2D eigenvalue weighted by Crippen LogP contribution is -2.46. The largest absolute Gasteiger partial charge is 0.368 e. The highest BCUT2D eigenvalue weighted by molar-refractivity contribution is 7.13. The first-order valence-electron chi connectivity index (χ1n) is 9.32. The predicted molar refractivity (Wildman–Crippen MR) is 116 cm³/mol. The van der Waals surface area contributed by atoms with Gasteiger partial charge in [-0.2, -0.15) is 0 Å². The fourth-order valence-corrected chi connectivity index (χ4v) is 4.26. The van der Waals surface area contributed by atoms with Crippen LogP contribution < -0.4 is 15.1 Å². The summed E-state index contributed by atoms with van der Waals surface area (Å²) in [6.07, 6.45) is 0. The highest BCUT2D eigenvalue weighted by Crippen LogP contribution is 2.25. The predicted octanol–water partition coefficient (Wildman–Crippen LogP) is 4.19. The fourth-order valence-electron chi connectivity index (χ4n) is 3.22. The zero-order valence-corrected chi connectivity index (χ0v) is 17.2. The van der Waals surface area contributed by atoms with Gasteiger partial charge in [0.2, 0.25) is 0 Å². The van der Waals surface area contributed by atoms with Crippen LogP contribution in [0.4, 0.5) is 15.2 Å². The molecule has 1 aliphatic heterocycles. The molecule has 1 amide bonds. The summed E-state index contributed by atoms with van der Waals surface area (Å²) in [6.45, 7) is 3.73. The van der Waals surface area contributed by atoms with Crippen LogP contribution in [0.2, 0.25) is 5.02 Å². The molecule has 1 fully saturated rings. The average molecular weight is 431 g/mol. The van der Waals surface area contributed by atoms with Gasteiger partial charge in [0.1, 0.15) is 11.5 Å². The Morgan fingerprint density at radius 2 is 1.83 bits per heavy atom. The number of hydrogen-bond donors (Lipinski definition) is 1. The molecule has 1 saturated heterocycles. The van der Waals surface area contributed by atoms with Gasteiger partial charge in [-0.05, 0) is 35.9 Å². The van der Waals surface area contributed by atoms with Crippen molar-refractivity contribution < 1.29 is 9.18 Å². The molecule has 8 heteroatoms. The van der Waals surface area contributed by atoms with Crippen molar-refractivity contribution in [2.24, 2.45) is 0 Å². The molecular formula is C21H20ClFN4OS. The van der Waals surface area contributed by atoms with Crippen molar-refractivity contribution in [3.8, 4) is 0 Å². The topological polar surface area (TPSA) is 48.5 Å². The van der Waals surface area contributed by atoms with Gasteiger partial charge >= 0.3 is 0 Å². The van der Waals surface area contributed by atoms with E-state index in [4.69, 9.17) is 11.6 Å². The molecule has 5 nitrogen and oxygen atoms in total. The molecular weight excluding hydrogens is 411 g/mol. The third kappa shape index (κ3) is 4.86. The summed E-state index contributed by atoms with van der Waals surface area (Å²) in [4.78, 5) is 21.4. The van der Waals surface area contributed by atoms with E-state index in [0.717, 1.165) is 47.6 Å². The van der Waals surface area contributed by atoms with Crippen LogP contribution >= 0.6 is 22.9 Å². The lowest BCUT2D eigenvalue weighted by atomic mass is 10.2. The van der Waals surface area contributed by atoms with Gasteiger partial charge in [-0.25, -0.2) is 9.37 Å². The third-order valence-electron chi connectivity index (χ3n) is 4.81. The highest BCUT2D eigenvalue weighted by Gasteiger charge is 2.21. The standard InChI is InChI=1S/C21H20ClFN4OS/c22-16-2-1-3-18(12-16)26-8-10-27(11-9-26)21-25-19(14-29-21)20(28)24-13-15-4-6-17(23)7-5-15/h1-7,12,14H,8-11,13H2,(H,24,28). The molecule has 3 aromatic rings. The van der Waals surface area contributed by atoms with Crippen LogP contribution in [0.1, 0.15) is 16.1 Å². The van der Waals surface area contributed by atoms with Gasteiger partial charge in [-0.15, -0.1) is 11.3 Å². The first kappa shape index (κ1) is 19.7. The second kappa shape index (κ2) is 8.80. The fraction of sp³-hybridized carbons (Fsp3) is 0.238. The zero-order valence-electron chi connectivity index (χ0n) is 15.6. The van der Waals surface area contributed by atoms with E-state index in [1.165, 1.54) is 23.5 Å². The Balaban J connectivity index is 1.32. The maximum absolute atomic E-state index is 13.0. The SMILES string of the molecule is O=C(NCc1ccc(F)cc1)c1csc(N2CCN(c3cccc(Cl)c3)CC2)n1. The van der Waals surface area contributed by atoms with E-state index in [2.05, 4.69) is 26.2 Å². The number of aromatic nitrogens is 1. The molecule has 0 saturated carbocycles. The Labute approximate surface area is 177 Å². The number of nitrogens with zero attached hydrogens (tertiary/aromatic N) is 3. The van der Waals surface area contributed by atoms with Gasteiger partial charge < -0.3 is 15.1 Å². The van der Waals surface area contributed by atoms with Crippen LogP contribution in [0, 0.1) is 5.82 Å². The minimum absolute atomic E-state index is 0.227. The molecule has 1 N–H and O–H groups in total. The van der Waals surface area contributed by atoms with Gasteiger partial charge in [0.25, 0.3) is 5.91 Å². The maximum atomic E-state index is 13.0. The Hall–Kier alpha value is -2.64. The number of carbonyl (C=O) groups is 1. The van der Waals surface area contributed by atoms with E-state index in [0.29, 0.717) is 12.2 Å². The molecule has 0 spiro atoms. The number of thiazole rings is 1. The second-order valence-corrected chi connectivity index (χ2v) is 8.05. The van der Waals surface area contributed by atoms with E-state index in [1.54, 1.807) is 17.5 Å². The van der Waals surface area contributed by atoms with Crippen molar-refractivity contribution in [3.63, 3.8) is 0 Å². The van der Waals surface area contributed by atoms with Crippen LogP contribution in [0.15, 0.2) is 53.9 Å². The zero-order chi connectivity index (χ0) is 20.2. The maximum Gasteiger partial charge on any atom is 0.271 e. The number of piperazine rings is 1. The van der Waals surface area contributed by atoms with Gasteiger partial charge in [0.15, 0.2) is 5.13 Å². The van der Waals surface area contributed by atoms with Gasteiger partial charge in [0.05, 0.1) is 0 Å². The van der Waals surface area contributed by atoms with Crippen LogP contribution in [0.25, 0.3) is 0 Å². The lowest BCUT2D eigenvalue weighted by Gasteiger charge is -2.36. The molecule has 1 aliphatic rings. The van der Waals surface area contributed by atoms with Gasteiger partial charge in [-0.1, -0.05) is 29.8 Å². The van der Waals surface area contributed by atoms with E-state index in [-0.39, 0.29) is 11.7 Å². The quantitative estimate of drug-likeness (QED) is 0.659. The minimum Gasteiger partial charge on any atom is -0.368 e. The number of rotatable bonds is 5. The summed E-state index contributed by atoms with van der Waals surface area (Å²) in [5.74, 6) is -0.519. The Kier molecular flexibility index (Phi) is 5.97. The van der Waals surface area contributed by atoms with Gasteiger partial charge in [0, 0.05) is 48.8 Å². The number of carbonyl (C=O) groups excluding carboxylic acids is 1.